The van der Waals surface area contributed by atoms with Crippen LogP contribution in [-0.4, -0.2) is 99.9 Å². The van der Waals surface area contributed by atoms with Crippen LogP contribution in [0.25, 0.3) is 10.8 Å². The van der Waals surface area contributed by atoms with Crippen LogP contribution in [0.15, 0.2) is 52.5 Å². The van der Waals surface area contributed by atoms with Gasteiger partial charge in [0.05, 0.1) is 24.5 Å². The zero-order valence-corrected chi connectivity index (χ0v) is 28.5. The Hall–Kier alpha value is -4.24. The number of sulfonamides is 1. The van der Waals surface area contributed by atoms with Gasteiger partial charge in [-0.2, -0.15) is 9.82 Å². The molecule has 0 unspecified atom stereocenters. The van der Waals surface area contributed by atoms with Gasteiger partial charge >= 0.3 is 12.1 Å². The van der Waals surface area contributed by atoms with Crippen molar-refractivity contribution in [2.45, 2.75) is 69.9 Å². The molecule has 4 rings (SSSR count). The van der Waals surface area contributed by atoms with E-state index in [-0.39, 0.29) is 42.5 Å². The zero-order chi connectivity index (χ0) is 34.7. The summed E-state index contributed by atoms with van der Waals surface area (Å²) in [6.45, 7) is 7.19. The van der Waals surface area contributed by atoms with E-state index < -0.39 is 46.4 Å². The molecule has 2 aromatic rings. The van der Waals surface area contributed by atoms with Crippen molar-refractivity contribution >= 4 is 51.0 Å². The molecule has 1 aliphatic carbocycles. The number of benzene rings is 2. The van der Waals surface area contributed by atoms with E-state index in [2.05, 4.69) is 20.6 Å². The third kappa shape index (κ3) is 11.2. The molecule has 14 nitrogen and oxygen atoms in total. The van der Waals surface area contributed by atoms with Crippen LogP contribution >= 0.6 is 0 Å². The standard InChI is InChI=1S/C33H46N6O8S/c1-4-46-31(41)20-39(27-12-13-27)32(42)29(37-48(44,45)28-14-11-25-9-5-6-10-26(25)16-28)17-30(40)34-18-24-8-7-15-38(19-24)22-35-36-33(43)47-21-23(2)3/h5-6,9-11,14,16,22-24,27,29,37H,4,7-8,12-13,15,17-21H2,1-3H3,(H,34,40)(H,36,43)/t24-,29-/m0/s1. The molecule has 0 radical (unpaired) electrons. The van der Waals surface area contributed by atoms with E-state index >= 15 is 0 Å². The normalized spacial score (nSPS) is 17.2. The number of carbonyl (C=O) groups is 4. The second kappa shape index (κ2) is 17.2. The number of hydrogen-bond donors (Lipinski definition) is 3. The second-order valence-electron chi connectivity index (χ2n) is 12.5. The maximum atomic E-state index is 13.8. The SMILES string of the molecule is CCOC(=O)CN(C(=O)[C@H](CC(=O)NC[C@@H]1CCCN(C=NNC(=O)OCC(C)C)C1)NS(=O)(=O)c1ccc2ccccc2c1)C1CC1. The summed E-state index contributed by atoms with van der Waals surface area (Å²) in [6.07, 6.45) is 3.43. The van der Waals surface area contributed by atoms with Crippen molar-refractivity contribution in [1.29, 1.82) is 0 Å². The third-order valence-electron chi connectivity index (χ3n) is 7.95. The van der Waals surface area contributed by atoms with E-state index in [0.29, 0.717) is 31.3 Å². The highest BCUT2D eigenvalue weighted by molar-refractivity contribution is 7.89. The summed E-state index contributed by atoms with van der Waals surface area (Å²) in [5.74, 6) is -1.52. The van der Waals surface area contributed by atoms with E-state index in [1.165, 1.54) is 23.4 Å². The maximum absolute atomic E-state index is 13.8. The summed E-state index contributed by atoms with van der Waals surface area (Å²) in [5, 5.41) is 8.37. The molecule has 3 N–H and O–H groups in total. The number of esters is 1. The summed E-state index contributed by atoms with van der Waals surface area (Å²) in [6, 6.07) is 10.2. The van der Waals surface area contributed by atoms with E-state index in [4.69, 9.17) is 9.47 Å². The fourth-order valence-electron chi connectivity index (χ4n) is 5.41. The Kier molecular flexibility index (Phi) is 13.1. The largest absolute Gasteiger partial charge is 0.465 e. The minimum absolute atomic E-state index is 0.0468. The molecule has 0 aromatic heterocycles. The summed E-state index contributed by atoms with van der Waals surface area (Å²) in [4.78, 5) is 54.4. The van der Waals surface area contributed by atoms with Gasteiger partial charge in [-0.25, -0.2) is 18.6 Å². The predicted octanol–water partition coefficient (Wildman–Crippen LogP) is 2.58. The summed E-state index contributed by atoms with van der Waals surface area (Å²) in [7, 11) is -4.24. The van der Waals surface area contributed by atoms with Crippen molar-refractivity contribution in [2.75, 3.05) is 39.4 Å². The highest BCUT2D eigenvalue weighted by atomic mass is 32.2. The van der Waals surface area contributed by atoms with Crippen LogP contribution in [0, 0.1) is 11.8 Å². The van der Waals surface area contributed by atoms with Crippen molar-refractivity contribution in [2.24, 2.45) is 16.9 Å². The Morgan fingerprint density at radius 3 is 2.52 bits per heavy atom. The van der Waals surface area contributed by atoms with E-state index in [9.17, 15) is 27.6 Å². The van der Waals surface area contributed by atoms with Crippen molar-refractivity contribution < 1.29 is 37.1 Å². The monoisotopic (exact) mass is 686 g/mol. The van der Waals surface area contributed by atoms with Gasteiger partial charge in [0.25, 0.3) is 0 Å². The molecule has 0 bridgehead atoms. The fourth-order valence-corrected chi connectivity index (χ4v) is 6.63. The van der Waals surface area contributed by atoms with Crippen LogP contribution in [0.2, 0.25) is 0 Å². The van der Waals surface area contributed by atoms with Crippen LogP contribution in [-0.2, 0) is 33.9 Å². The fraction of sp³-hybridized carbons (Fsp3) is 0.545. The van der Waals surface area contributed by atoms with E-state index in [0.717, 1.165) is 24.8 Å². The Morgan fingerprint density at radius 2 is 1.81 bits per heavy atom. The Bertz CT molecular complexity index is 1580. The number of piperidine rings is 1. The molecule has 2 aromatic carbocycles. The molecular formula is C33H46N6O8S. The number of hydrogen-bond acceptors (Lipinski definition) is 9. The van der Waals surface area contributed by atoms with Gasteiger partial charge in [0.15, 0.2) is 0 Å². The molecule has 48 heavy (non-hydrogen) atoms. The van der Waals surface area contributed by atoms with Crippen molar-refractivity contribution in [3.05, 3.63) is 42.5 Å². The molecule has 1 aliphatic heterocycles. The number of ether oxygens (including phenoxy) is 2. The van der Waals surface area contributed by atoms with Gasteiger partial charge in [-0.1, -0.05) is 44.2 Å². The van der Waals surface area contributed by atoms with Gasteiger partial charge in [0.1, 0.15) is 18.9 Å². The van der Waals surface area contributed by atoms with Gasteiger partial charge in [-0.05, 0) is 67.3 Å². The van der Waals surface area contributed by atoms with Gasteiger partial charge in [0, 0.05) is 25.7 Å². The number of amides is 3. The minimum atomic E-state index is -4.24. The zero-order valence-electron chi connectivity index (χ0n) is 27.7. The Labute approximate surface area is 281 Å². The molecule has 2 fully saturated rings. The van der Waals surface area contributed by atoms with E-state index in [1.807, 2.05) is 30.9 Å². The Morgan fingerprint density at radius 1 is 1.06 bits per heavy atom. The lowest BCUT2D eigenvalue weighted by molar-refractivity contribution is -0.150. The maximum Gasteiger partial charge on any atom is 0.427 e. The average Bonchev–Trinajstić information content (AvgIpc) is 3.90. The predicted molar refractivity (Wildman–Crippen MR) is 179 cm³/mol. The topological polar surface area (TPSA) is 176 Å². The summed E-state index contributed by atoms with van der Waals surface area (Å²) < 4.78 is 39.7. The highest BCUT2D eigenvalue weighted by Gasteiger charge is 2.39. The lowest BCUT2D eigenvalue weighted by Crippen LogP contribution is -2.52. The smallest absolute Gasteiger partial charge is 0.427 e. The van der Waals surface area contributed by atoms with Gasteiger partial charge in [-0.3, -0.25) is 14.4 Å². The quantitative estimate of drug-likeness (QED) is 0.104. The van der Waals surface area contributed by atoms with Crippen molar-refractivity contribution in [3.8, 4) is 0 Å². The first-order valence-corrected chi connectivity index (χ1v) is 17.9. The summed E-state index contributed by atoms with van der Waals surface area (Å²) >= 11 is 0. The molecule has 1 saturated carbocycles. The molecular weight excluding hydrogens is 640 g/mol. The number of rotatable bonds is 16. The van der Waals surface area contributed by atoms with Crippen molar-refractivity contribution in [3.63, 3.8) is 0 Å². The van der Waals surface area contributed by atoms with Crippen molar-refractivity contribution in [1.82, 2.24) is 25.3 Å². The second-order valence-corrected chi connectivity index (χ2v) is 14.3. The Balaban J connectivity index is 1.41. The number of carbonyl (C=O) groups excluding carboxylic acids is 4. The molecule has 3 amide bonds. The van der Waals surface area contributed by atoms with Crippen LogP contribution in [0.4, 0.5) is 4.79 Å². The van der Waals surface area contributed by atoms with Crippen LogP contribution in [0.5, 0.6) is 0 Å². The first-order chi connectivity index (χ1) is 22.9. The number of likely N-dealkylation sites (tertiary alicyclic amines) is 1. The van der Waals surface area contributed by atoms with Gasteiger partial charge in [-0.15, -0.1) is 0 Å². The first-order valence-electron chi connectivity index (χ1n) is 16.4. The number of hydrazone groups is 1. The average molecular weight is 687 g/mol. The van der Waals surface area contributed by atoms with Gasteiger partial charge < -0.3 is 24.6 Å². The van der Waals surface area contributed by atoms with Crippen LogP contribution in [0.3, 0.4) is 0 Å². The minimum Gasteiger partial charge on any atom is -0.465 e. The van der Waals surface area contributed by atoms with Gasteiger partial charge in [0.2, 0.25) is 21.8 Å². The highest BCUT2D eigenvalue weighted by Crippen LogP contribution is 2.28. The number of fused-ring (bicyclic) bond motifs is 1. The molecule has 2 aliphatic rings. The van der Waals surface area contributed by atoms with Crippen LogP contribution < -0.4 is 15.5 Å². The third-order valence-corrected chi connectivity index (χ3v) is 9.42. The molecule has 262 valence electrons. The molecule has 1 heterocycles. The lowest BCUT2D eigenvalue weighted by Gasteiger charge is -2.31. The molecule has 0 spiro atoms. The summed E-state index contributed by atoms with van der Waals surface area (Å²) in [5.41, 5.74) is 2.34. The van der Waals surface area contributed by atoms with Crippen LogP contribution in [0.1, 0.15) is 52.9 Å². The number of nitrogens with one attached hydrogen (secondary N) is 3. The lowest BCUT2D eigenvalue weighted by atomic mass is 9.98. The van der Waals surface area contributed by atoms with E-state index in [1.54, 1.807) is 25.1 Å². The molecule has 2 atom stereocenters. The molecule has 1 saturated heterocycles. The first kappa shape index (κ1) is 36.6. The number of nitrogens with zero attached hydrogens (tertiary/aromatic N) is 3. The molecule has 15 heteroatoms.